The minimum atomic E-state index is 0.666. The average molecular weight is 245 g/mol. The van der Waals surface area contributed by atoms with E-state index in [2.05, 4.69) is 27.8 Å². The van der Waals surface area contributed by atoms with E-state index < -0.39 is 0 Å². The van der Waals surface area contributed by atoms with E-state index in [-0.39, 0.29) is 0 Å². The van der Waals surface area contributed by atoms with Crippen molar-refractivity contribution in [2.75, 3.05) is 19.6 Å². The third kappa shape index (κ3) is 2.57. The smallest absolute Gasteiger partial charge is 0.0312 e. The maximum Gasteiger partial charge on any atom is 0.0312 e. The number of aromatic nitrogens is 1. The predicted molar refractivity (Wildman–Crippen MR) is 73.3 cm³/mol. The summed E-state index contributed by atoms with van der Waals surface area (Å²) in [4.78, 5) is 9.55. The molecular formula is C15H23N3. The van der Waals surface area contributed by atoms with Crippen molar-refractivity contribution in [2.45, 2.75) is 44.8 Å². The van der Waals surface area contributed by atoms with Gasteiger partial charge in [-0.25, -0.2) is 0 Å². The van der Waals surface area contributed by atoms with Gasteiger partial charge >= 0.3 is 0 Å². The maximum absolute atomic E-state index is 4.22. The number of piperidine rings is 1. The lowest BCUT2D eigenvalue weighted by molar-refractivity contribution is 0.0110. The molecule has 0 spiro atoms. The molecule has 0 radical (unpaired) electrons. The van der Waals surface area contributed by atoms with Gasteiger partial charge in [0.05, 0.1) is 0 Å². The first-order chi connectivity index (χ1) is 8.83. The Morgan fingerprint density at radius 3 is 3.11 bits per heavy atom. The molecule has 1 aromatic rings. The van der Waals surface area contributed by atoms with Crippen LogP contribution >= 0.6 is 0 Å². The molecule has 0 amide bonds. The van der Waals surface area contributed by atoms with Crippen molar-refractivity contribution in [3.05, 3.63) is 30.1 Å². The zero-order valence-electron chi connectivity index (χ0n) is 11.3. The van der Waals surface area contributed by atoms with E-state index in [1.807, 2.05) is 18.5 Å². The van der Waals surface area contributed by atoms with Crippen LogP contribution in [0.1, 0.15) is 31.7 Å². The minimum absolute atomic E-state index is 0.666. The van der Waals surface area contributed by atoms with Gasteiger partial charge in [0.25, 0.3) is 0 Å². The Kier molecular flexibility index (Phi) is 3.62. The number of hydrogen-bond acceptors (Lipinski definition) is 3. The fraction of sp³-hybridized carbons (Fsp3) is 0.667. The summed E-state index contributed by atoms with van der Waals surface area (Å²) in [5.41, 5.74) is 1.34. The fourth-order valence-corrected chi connectivity index (χ4v) is 3.36. The summed E-state index contributed by atoms with van der Waals surface area (Å²) in [6.45, 7) is 7.21. The monoisotopic (exact) mass is 245 g/mol. The second-order valence-corrected chi connectivity index (χ2v) is 5.78. The molecule has 2 aliphatic heterocycles. The van der Waals surface area contributed by atoms with Gasteiger partial charge in [0.2, 0.25) is 0 Å². The lowest BCUT2D eigenvalue weighted by Gasteiger charge is -2.47. The van der Waals surface area contributed by atoms with E-state index in [0.717, 1.165) is 12.6 Å². The summed E-state index contributed by atoms with van der Waals surface area (Å²) < 4.78 is 0. The fourth-order valence-electron chi connectivity index (χ4n) is 3.36. The first kappa shape index (κ1) is 12.1. The van der Waals surface area contributed by atoms with Crippen molar-refractivity contribution in [1.29, 1.82) is 0 Å². The van der Waals surface area contributed by atoms with Gasteiger partial charge in [0.1, 0.15) is 0 Å². The number of hydrogen-bond donors (Lipinski definition) is 0. The third-order valence-corrected chi connectivity index (χ3v) is 4.42. The summed E-state index contributed by atoms with van der Waals surface area (Å²) in [6, 6.07) is 5.69. The Hall–Kier alpha value is -0.930. The van der Waals surface area contributed by atoms with Crippen LogP contribution in [-0.2, 0) is 6.54 Å². The standard InChI is InChI=1S/C15H23N3/c1-13-10-17-8-3-2-6-15(17)12-18(13)11-14-5-4-7-16-9-14/h4-5,7,9,13,15H,2-3,6,8,10-12H2,1H3. The van der Waals surface area contributed by atoms with E-state index in [1.54, 1.807) is 0 Å². The van der Waals surface area contributed by atoms with Gasteiger partial charge in [-0.2, -0.15) is 0 Å². The van der Waals surface area contributed by atoms with Gasteiger partial charge in [-0.1, -0.05) is 12.5 Å². The normalized spacial score (nSPS) is 30.1. The zero-order valence-corrected chi connectivity index (χ0v) is 11.3. The molecule has 2 fully saturated rings. The van der Waals surface area contributed by atoms with Crippen LogP contribution in [0.25, 0.3) is 0 Å². The van der Waals surface area contributed by atoms with Crippen LogP contribution in [0, 0.1) is 0 Å². The molecule has 3 rings (SSSR count). The van der Waals surface area contributed by atoms with Gasteiger partial charge in [-0.05, 0) is 37.9 Å². The second kappa shape index (κ2) is 5.37. The Morgan fingerprint density at radius 1 is 1.33 bits per heavy atom. The molecule has 18 heavy (non-hydrogen) atoms. The highest BCUT2D eigenvalue weighted by molar-refractivity contribution is 5.09. The summed E-state index contributed by atoms with van der Waals surface area (Å²) in [7, 11) is 0. The van der Waals surface area contributed by atoms with Crippen molar-refractivity contribution < 1.29 is 0 Å². The van der Waals surface area contributed by atoms with Crippen LogP contribution < -0.4 is 0 Å². The van der Waals surface area contributed by atoms with Crippen LogP contribution in [-0.4, -0.2) is 46.5 Å². The minimum Gasteiger partial charge on any atom is -0.298 e. The zero-order chi connectivity index (χ0) is 12.4. The van der Waals surface area contributed by atoms with Crippen molar-refractivity contribution in [1.82, 2.24) is 14.8 Å². The molecule has 0 bridgehead atoms. The van der Waals surface area contributed by atoms with E-state index >= 15 is 0 Å². The molecule has 2 atom stereocenters. The third-order valence-electron chi connectivity index (χ3n) is 4.42. The first-order valence-corrected chi connectivity index (χ1v) is 7.20. The maximum atomic E-state index is 4.22. The Morgan fingerprint density at radius 2 is 2.28 bits per heavy atom. The quantitative estimate of drug-likeness (QED) is 0.796. The van der Waals surface area contributed by atoms with E-state index in [0.29, 0.717) is 6.04 Å². The van der Waals surface area contributed by atoms with Crippen molar-refractivity contribution in [2.24, 2.45) is 0 Å². The molecule has 3 nitrogen and oxygen atoms in total. The van der Waals surface area contributed by atoms with E-state index in [1.165, 1.54) is 44.5 Å². The molecular weight excluding hydrogens is 222 g/mol. The summed E-state index contributed by atoms with van der Waals surface area (Å²) in [5, 5.41) is 0. The predicted octanol–water partition coefficient (Wildman–Crippen LogP) is 2.14. The van der Waals surface area contributed by atoms with Crippen molar-refractivity contribution in [3.8, 4) is 0 Å². The molecule has 2 aliphatic rings. The summed E-state index contributed by atoms with van der Waals surface area (Å²) in [6.07, 6.45) is 8.05. The molecule has 3 heteroatoms. The highest BCUT2D eigenvalue weighted by Gasteiger charge is 2.32. The molecule has 2 unspecified atom stereocenters. The highest BCUT2D eigenvalue weighted by Crippen LogP contribution is 2.24. The number of nitrogens with zero attached hydrogens (tertiary/aromatic N) is 3. The molecule has 0 aliphatic carbocycles. The lowest BCUT2D eigenvalue weighted by Crippen LogP contribution is -2.58. The van der Waals surface area contributed by atoms with Crippen LogP contribution in [0.5, 0.6) is 0 Å². The SMILES string of the molecule is CC1CN2CCCCC2CN1Cc1cccnc1. The molecule has 3 heterocycles. The van der Waals surface area contributed by atoms with Gasteiger partial charge < -0.3 is 0 Å². The van der Waals surface area contributed by atoms with Crippen LogP contribution in [0.4, 0.5) is 0 Å². The Balaban J connectivity index is 1.65. The summed E-state index contributed by atoms with van der Waals surface area (Å²) >= 11 is 0. The molecule has 0 N–H and O–H groups in total. The second-order valence-electron chi connectivity index (χ2n) is 5.78. The van der Waals surface area contributed by atoms with E-state index in [4.69, 9.17) is 0 Å². The molecule has 1 aromatic heterocycles. The molecule has 2 saturated heterocycles. The van der Waals surface area contributed by atoms with Gasteiger partial charge in [0, 0.05) is 44.1 Å². The van der Waals surface area contributed by atoms with Crippen molar-refractivity contribution in [3.63, 3.8) is 0 Å². The lowest BCUT2D eigenvalue weighted by atomic mass is 9.97. The van der Waals surface area contributed by atoms with Crippen LogP contribution in [0.3, 0.4) is 0 Å². The summed E-state index contributed by atoms with van der Waals surface area (Å²) in [5.74, 6) is 0. The Bertz CT molecular complexity index is 379. The Labute approximate surface area is 110 Å². The van der Waals surface area contributed by atoms with Crippen LogP contribution in [0.2, 0.25) is 0 Å². The number of piperazine rings is 1. The van der Waals surface area contributed by atoms with Gasteiger partial charge in [0.15, 0.2) is 0 Å². The number of pyridine rings is 1. The van der Waals surface area contributed by atoms with Crippen LogP contribution in [0.15, 0.2) is 24.5 Å². The topological polar surface area (TPSA) is 19.4 Å². The largest absolute Gasteiger partial charge is 0.298 e. The van der Waals surface area contributed by atoms with Crippen molar-refractivity contribution >= 4 is 0 Å². The van der Waals surface area contributed by atoms with E-state index in [9.17, 15) is 0 Å². The first-order valence-electron chi connectivity index (χ1n) is 7.20. The molecule has 98 valence electrons. The molecule has 0 aromatic carbocycles. The molecule has 0 saturated carbocycles. The average Bonchev–Trinajstić information content (AvgIpc) is 2.41. The number of rotatable bonds is 2. The number of fused-ring (bicyclic) bond motifs is 1. The van der Waals surface area contributed by atoms with Gasteiger partial charge in [-0.15, -0.1) is 0 Å². The van der Waals surface area contributed by atoms with Gasteiger partial charge in [-0.3, -0.25) is 14.8 Å². The highest BCUT2D eigenvalue weighted by atomic mass is 15.3.